The van der Waals surface area contributed by atoms with Gasteiger partial charge >= 0.3 is 0 Å². The van der Waals surface area contributed by atoms with Gasteiger partial charge in [0.1, 0.15) is 5.75 Å². The first kappa shape index (κ1) is 19.9. The molecule has 0 radical (unpaired) electrons. The van der Waals surface area contributed by atoms with Crippen LogP contribution in [0.5, 0.6) is 5.75 Å². The lowest BCUT2D eigenvalue weighted by atomic mass is 10.2. The van der Waals surface area contributed by atoms with Crippen LogP contribution in [-0.4, -0.2) is 74.3 Å². The lowest BCUT2D eigenvalue weighted by Gasteiger charge is -2.34. The molecule has 150 valence electrons. The zero-order valence-corrected chi connectivity index (χ0v) is 16.6. The molecule has 1 saturated heterocycles. The third-order valence-electron chi connectivity index (χ3n) is 4.79. The second kappa shape index (κ2) is 10.5. The number of guanidine groups is 1. The van der Waals surface area contributed by atoms with Gasteiger partial charge in [0.05, 0.1) is 7.11 Å². The van der Waals surface area contributed by atoms with Crippen molar-refractivity contribution in [2.75, 3.05) is 58.3 Å². The molecule has 1 aromatic heterocycles. The Labute approximate surface area is 166 Å². The van der Waals surface area contributed by atoms with E-state index in [1.807, 2.05) is 24.3 Å². The largest absolute Gasteiger partial charge is 0.496 e. The molecule has 28 heavy (non-hydrogen) atoms. The molecule has 8 nitrogen and oxygen atoms in total. The van der Waals surface area contributed by atoms with Crippen LogP contribution in [0.2, 0.25) is 0 Å². The fraction of sp³-hybridized carbons (Fsp3) is 0.450. The average Bonchev–Trinajstić information content (AvgIpc) is 2.77. The first-order valence-corrected chi connectivity index (χ1v) is 9.61. The number of aliphatic imine (C=N–C) groups is 1. The summed E-state index contributed by atoms with van der Waals surface area (Å²) in [6, 6.07) is 9.84. The van der Waals surface area contributed by atoms with Gasteiger partial charge in [0.25, 0.3) is 0 Å². The smallest absolute Gasteiger partial charge is 0.225 e. The average molecular weight is 384 g/mol. The number of hydrogen-bond acceptors (Lipinski definition) is 6. The van der Waals surface area contributed by atoms with E-state index in [9.17, 15) is 0 Å². The highest BCUT2D eigenvalue weighted by Gasteiger charge is 2.18. The van der Waals surface area contributed by atoms with Crippen molar-refractivity contribution in [2.24, 2.45) is 4.99 Å². The Morgan fingerprint density at radius 2 is 1.82 bits per heavy atom. The molecule has 0 saturated carbocycles. The van der Waals surface area contributed by atoms with E-state index in [2.05, 4.69) is 41.5 Å². The zero-order chi connectivity index (χ0) is 19.6. The summed E-state index contributed by atoms with van der Waals surface area (Å²) < 4.78 is 5.39. The SMILES string of the molecule is CN=C(NCCN1CCN(c2ncccn2)CC1)NCc1ccccc1OC. The number of methoxy groups -OCH3 is 1. The molecule has 0 bridgehead atoms. The maximum Gasteiger partial charge on any atom is 0.225 e. The van der Waals surface area contributed by atoms with Crippen molar-refractivity contribution in [2.45, 2.75) is 6.54 Å². The summed E-state index contributed by atoms with van der Waals surface area (Å²) in [5.41, 5.74) is 1.10. The fourth-order valence-corrected chi connectivity index (χ4v) is 3.21. The number of hydrogen-bond donors (Lipinski definition) is 2. The quantitative estimate of drug-likeness (QED) is 0.545. The molecule has 3 rings (SSSR count). The van der Waals surface area contributed by atoms with Gasteiger partial charge in [0.2, 0.25) is 5.95 Å². The topological polar surface area (TPSA) is 77.9 Å². The first-order valence-electron chi connectivity index (χ1n) is 9.61. The molecule has 0 atom stereocenters. The lowest BCUT2D eigenvalue weighted by molar-refractivity contribution is 0.260. The number of ether oxygens (including phenoxy) is 1. The molecule has 0 spiro atoms. The molecule has 2 aromatic rings. The van der Waals surface area contributed by atoms with Crippen molar-refractivity contribution in [3.63, 3.8) is 0 Å². The van der Waals surface area contributed by atoms with Crippen LogP contribution in [-0.2, 0) is 6.54 Å². The summed E-state index contributed by atoms with van der Waals surface area (Å²) in [5, 5.41) is 6.73. The van der Waals surface area contributed by atoms with E-state index in [0.717, 1.165) is 62.5 Å². The van der Waals surface area contributed by atoms with E-state index in [0.29, 0.717) is 6.54 Å². The number of anilines is 1. The predicted octanol–water partition coefficient (Wildman–Crippen LogP) is 0.972. The summed E-state index contributed by atoms with van der Waals surface area (Å²) in [7, 11) is 3.48. The molecule has 0 amide bonds. The van der Waals surface area contributed by atoms with E-state index in [1.165, 1.54) is 0 Å². The Kier molecular flexibility index (Phi) is 7.43. The minimum absolute atomic E-state index is 0.666. The van der Waals surface area contributed by atoms with E-state index < -0.39 is 0 Å². The molecule has 1 aromatic carbocycles. The lowest BCUT2D eigenvalue weighted by Crippen LogP contribution is -2.49. The molecule has 1 aliphatic heterocycles. The number of para-hydroxylation sites is 1. The first-order chi connectivity index (χ1) is 13.8. The molecular formula is C20H29N7O. The Hall–Kier alpha value is -2.87. The van der Waals surface area contributed by atoms with Crippen molar-refractivity contribution in [1.29, 1.82) is 0 Å². The van der Waals surface area contributed by atoms with Crippen LogP contribution in [0.4, 0.5) is 5.95 Å². The minimum atomic E-state index is 0.666. The van der Waals surface area contributed by atoms with E-state index in [4.69, 9.17) is 4.74 Å². The van der Waals surface area contributed by atoms with Crippen LogP contribution in [0, 0.1) is 0 Å². The Balaban J connectivity index is 1.37. The summed E-state index contributed by atoms with van der Waals surface area (Å²) in [6.07, 6.45) is 3.59. The number of rotatable bonds is 7. The molecule has 0 unspecified atom stereocenters. The molecule has 8 heteroatoms. The zero-order valence-electron chi connectivity index (χ0n) is 16.6. The summed E-state index contributed by atoms with van der Waals surface area (Å²) >= 11 is 0. The third kappa shape index (κ3) is 5.56. The predicted molar refractivity (Wildman–Crippen MR) is 112 cm³/mol. The maximum absolute atomic E-state index is 5.39. The van der Waals surface area contributed by atoms with E-state index in [-0.39, 0.29) is 0 Å². The highest BCUT2D eigenvalue weighted by molar-refractivity contribution is 5.79. The second-order valence-corrected chi connectivity index (χ2v) is 6.54. The summed E-state index contributed by atoms with van der Waals surface area (Å²) in [6.45, 7) is 6.39. The van der Waals surface area contributed by atoms with Gasteiger partial charge in [-0.2, -0.15) is 0 Å². The van der Waals surface area contributed by atoms with E-state index >= 15 is 0 Å². The highest BCUT2D eigenvalue weighted by atomic mass is 16.5. The molecule has 2 N–H and O–H groups in total. The van der Waals surface area contributed by atoms with Gasteiger partial charge < -0.3 is 20.3 Å². The van der Waals surface area contributed by atoms with Crippen molar-refractivity contribution in [1.82, 2.24) is 25.5 Å². The standard InChI is InChI=1S/C20H29N7O/c1-21-19(25-16-17-6-3-4-7-18(17)28-2)22-10-11-26-12-14-27(15-13-26)20-23-8-5-9-24-20/h3-9H,10-16H2,1-2H3,(H2,21,22,25). The number of nitrogens with one attached hydrogen (secondary N) is 2. The van der Waals surface area contributed by atoms with Crippen molar-refractivity contribution >= 4 is 11.9 Å². The van der Waals surface area contributed by atoms with Gasteiger partial charge in [0, 0.05) is 70.8 Å². The van der Waals surface area contributed by atoms with Crippen LogP contribution >= 0.6 is 0 Å². The highest BCUT2D eigenvalue weighted by Crippen LogP contribution is 2.16. The molecule has 1 fully saturated rings. The monoisotopic (exact) mass is 383 g/mol. The Bertz CT molecular complexity index is 745. The van der Waals surface area contributed by atoms with Crippen LogP contribution in [0.15, 0.2) is 47.7 Å². The second-order valence-electron chi connectivity index (χ2n) is 6.54. The molecule has 2 heterocycles. The van der Waals surface area contributed by atoms with Crippen molar-refractivity contribution in [3.05, 3.63) is 48.3 Å². The van der Waals surface area contributed by atoms with E-state index in [1.54, 1.807) is 26.6 Å². The molecule has 0 aliphatic carbocycles. The number of nitrogens with zero attached hydrogens (tertiary/aromatic N) is 5. The van der Waals surface area contributed by atoms with Gasteiger partial charge in [0.15, 0.2) is 5.96 Å². The minimum Gasteiger partial charge on any atom is -0.496 e. The van der Waals surface area contributed by atoms with Crippen LogP contribution in [0.1, 0.15) is 5.56 Å². The number of piperazine rings is 1. The van der Waals surface area contributed by atoms with Gasteiger partial charge in [-0.3, -0.25) is 9.89 Å². The fourth-order valence-electron chi connectivity index (χ4n) is 3.21. The molecule has 1 aliphatic rings. The van der Waals surface area contributed by atoms with Crippen LogP contribution in [0.25, 0.3) is 0 Å². The van der Waals surface area contributed by atoms with Gasteiger partial charge in [-0.25, -0.2) is 9.97 Å². The van der Waals surface area contributed by atoms with Gasteiger partial charge in [-0.05, 0) is 12.1 Å². The van der Waals surface area contributed by atoms with Crippen LogP contribution < -0.4 is 20.3 Å². The third-order valence-corrected chi connectivity index (χ3v) is 4.79. The van der Waals surface area contributed by atoms with Crippen molar-refractivity contribution in [3.8, 4) is 5.75 Å². The Morgan fingerprint density at radius 3 is 2.54 bits per heavy atom. The number of aromatic nitrogens is 2. The summed E-state index contributed by atoms with van der Waals surface area (Å²) in [4.78, 5) is 17.6. The van der Waals surface area contributed by atoms with Crippen molar-refractivity contribution < 1.29 is 4.74 Å². The Morgan fingerprint density at radius 1 is 1.07 bits per heavy atom. The molecular weight excluding hydrogens is 354 g/mol. The van der Waals surface area contributed by atoms with Gasteiger partial charge in [-0.1, -0.05) is 18.2 Å². The maximum atomic E-state index is 5.39. The normalized spacial score (nSPS) is 15.4. The number of benzene rings is 1. The summed E-state index contributed by atoms with van der Waals surface area (Å²) in [5.74, 6) is 2.49. The van der Waals surface area contributed by atoms with Gasteiger partial charge in [-0.15, -0.1) is 0 Å². The van der Waals surface area contributed by atoms with Crippen LogP contribution in [0.3, 0.4) is 0 Å².